The molecule has 0 aromatic heterocycles. The second kappa shape index (κ2) is 5.27. The van der Waals surface area contributed by atoms with Crippen molar-refractivity contribution in [1.82, 2.24) is 10.4 Å². The van der Waals surface area contributed by atoms with Gasteiger partial charge in [-0.05, 0) is 19.6 Å². The summed E-state index contributed by atoms with van der Waals surface area (Å²) in [6.07, 6.45) is 0.147. The summed E-state index contributed by atoms with van der Waals surface area (Å²) in [4.78, 5) is 3.88. The molecule has 0 amide bonds. The van der Waals surface area contributed by atoms with Crippen molar-refractivity contribution >= 4 is 6.72 Å². The maximum Gasteiger partial charge on any atom is 0.111 e. The largest absolute Gasteiger partial charge is 0.281 e. The fraction of sp³-hybridized carbons (Fsp3) is 0.875. The third-order valence-corrected chi connectivity index (χ3v) is 1.57. The van der Waals surface area contributed by atoms with Crippen LogP contribution in [-0.2, 0) is 0 Å². The highest BCUT2D eigenvalue weighted by atomic mass is 15.5. The molecule has 0 aromatic rings. The summed E-state index contributed by atoms with van der Waals surface area (Å²) >= 11 is 0. The van der Waals surface area contributed by atoms with Crippen molar-refractivity contribution in [1.29, 1.82) is 0 Å². The molecule has 0 aliphatic rings. The van der Waals surface area contributed by atoms with Crippen LogP contribution < -0.4 is 5.43 Å². The van der Waals surface area contributed by atoms with Crippen LogP contribution in [0.3, 0.4) is 0 Å². The van der Waals surface area contributed by atoms with Crippen molar-refractivity contribution in [2.24, 2.45) is 10.9 Å². The van der Waals surface area contributed by atoms with Gasteiger partial charge in [-0.2, -0.15) is 0 Å². The van der Waals surface area contributed by atoms with Gasteiger partial charge in [-0.25, -0.2) is 5.01 Å². The first-order valence-corrected chi connectivity index (χ1v) is 4.00. The van der Waals surface area contributed by atoms with E-state index >= 15 is 0 Å². The number of hydrogen-bond donors (Lipinski definition) is 1. The summed E-state index contributed by atoms with van der Waals surface area (Å²) in [5, 5.41) is 1.97. The molecule has 1 atom stereocenters. The van der Waals surface area contributed by atoms with E-state index in [1.165, 1.54) is 0 Å². The van der Waals surface area contributed by atoms with Gasteiger partial charge in [0.2, 0.25) is 0 Å². The third kappa shape index (κ3) is 4.93. The quantitative estimate of drug-likeness (QED) is 0.478. The number of hydrazine groups is 1. The fourth-order valence-corrected chi connectivity index (χ4v) is 0.581. The molecule has 0 rings (SSSR count). The number of aliphatic imine (C=N–C) groups is 1. The van der Waals surface area contributed by atoms with Gasteiger partial charge in [-0.3, -0.25) is 10.4 Å². The molecule has 0 fully saturated rings. The Morgan fingerprint density at radius 3 is 2.36 bits per heavy atom. The number of rotatable bonds is 5. The summed E-state index contributed by atoms with van der Waals surface area (Å²) < 4.78 is 0. The molecule has 0 saturated heterocycles. The lowest BCUT2D eigenvalue weighted by atomic mass is 10.2. The molecule has 0 aliphatic heterocycles. The molecule has 0 aliphatic carbocycles. The molecule has 3 heteroatoms. The van der Waals surface area contributed by atoms with Crippen LogP contribution >= 0.6 is 0 Å². The van der Waals surface area contributed by atoms with Gasteiger partial charge in [0.15, 0.2) is 0 Å². The van der Waals surface area contributed by atoms with Gasteiger partial charge >= 0.3 is 0 Å². The molecule has 66 valence electrons. The lowest BCUT2D eigenvalue weighted by molar-refractivity contribution is 0.172. The molecule has 3 nitrogen and oxygen atoms in total. The first-order valence-electron chi connectivity index (χ1n) is 4.00. The second-order valence-electron chi connectivity index (χ2n) is 3.18. The maximum atomic E-state index is 3.88. The molecule has 0 aromatic carbocycles. The van der Waals surface area contributed by atoms with Crippen LogP contribution in [0.1, 0.15) is 20.8 Å². The van der Waals surface area contributed by atoms with Gasteiger partial charge in [-0.15, -0.1) is 0 Å². The minimum Gasteiger partial charge on any atom is -0.281 e. The minimum atomic E-state index is 0.147. The Balaban J connectivity index is 3.51. The van der Waals surface area contributed by atoms with Gasteiger partial charge < -0.3 is 0 Å². The van der Waals surface area contributed by atoms with Gasteiger partial charge in [0.25, 0.3) is 0 Å². The molecule has 0 spiro atoms. The summed E-state index contributed by atoms with van der Waals surface area (Å²) in [5.41, 5.74) is 3.23. The normalized spacial score (nSPS) is 14.0. The van der Waals surface area contributed by atoms with Gasteiger partial charge in [0.05, 0.1) is 0 Å². The average Bonchev–Trinajstić information content (AvgIpc) is 1.98. The monoisotopic (exact) mass is 157 g/mol. The predicted molar refractivity (Wildman–Crippen MR) is 49.6 cm³/mol. The van der Waals surface area contributed by atoms with Crippen LogP contribution in [-0.4, -0.2) is 31.5 Å². The number of nitrogens with one attached hydrogen (secondary N) is 1. The van der Waals surface area contributed by atoms with Crippen molar-refractivity contribution < 1.29 is 0 Å². The van der Waals surface area contributed by atoms with E-state index < -0.39 is 0 Å². The molecule has 11 heavy (non-hydrogen) atoms. The van der Waals surface area contributed by atoms with Crippen LogP contribution in [0, 0.1) is 5.92 Å². The van der Waals surface area contributed by atoms with Crippen LogP contribution in [0.5, 0.6) is 0 Å². The van der Waals surface area contributed by atoms with E-state index in [9.17, 15) is 0 Å². The SMILES string of the molecule is C=NC(C)N(C)NCC(C)C. The third-order valence-electron chi connectivity index (χ3n) is 1.57. The van der Waals surface area contributed by atoms with E-state index in [-0.39, 0.29) is 6.17 Å². The van der Waals surface area contributed by atoms with Crippen LogP contribution in [0.25, 0.3) is 0 Å². The van der Waals surface area contributed by atoms with E-state index in [2.05, 4.69) is 31.0 Å². The van der Waals surface area contributed by atoms with Crippen molar-refractivity contribution in [3.63, 3.8) is 0 Å². The molecule has 0 radical (unpaired) electrons. The minimum absolute atomic E-state index is 0.147. The topological polar surface area (TPSA) is 27.6 Å². The van der Waals surface area contributed by atoms with Gasteiger partial charge in [-0.1, -0.05) is 13.8 Å². The van der Waals surface area contributed by atoms with Crippen LogP contribution in [0.4, 0.5) is 0 Å². The Bertz CT molecular complexity index is 112. The Kier molecular flexibility index (Phi) is 5.07. The smallest absolute Gasteiger partial charge is 0.111 e. The zero-order valence-electron chi connectivity index (χ0n) is 7.96. The fourth-order valence-electron chi connectivity index (χ4n) is 0.581. The predicted octanol–water partition coefficient (Wildman–Crippen LogP) is 1.13. The number of hydrogen-bond acceptors (Lipinski definition) is 3. The van der Waals surface area contributed by atoms with Crippen molar-refractivity contribution in [2.45, 2.75) is 26.9 Å². The molecule has 0 bridgehead atoms. The van der Waals surface area contributed by atoms with E-state index in [1.807, 2.05) is 19.0 Å². The molecule has 1 unspecified atom stereocenters. The van der Waals surface area contributed by atoms with Crippen molar-refractivity contribution in [2.75, 3.05) is 13.6 Å². The van der Waals surface area contributed by atoms with Gasteiger partial charge in [0.1, 0.15) is 6.17 Å². The molecule has 1 N–H and O–H groups in total. The molecule has 0 saturated carbocycles. The summed E-state index contributed by atoms with van der Waals surface area (Å²) in [6, 6.07) is 0. The van der Waals surface area contributed by atoms with Gasteiger partial charge in [0, 0.05) is 13.6 Å². The second-order valence-corrected chi connectivity index (χ2v) is 3.18. The zero-order chi connectivity index (χ0) is 8.85. The first-order chi connectivity index (χ1) is 5.07. The average molecular weight is 157 g/mol. The summed E-state index contributed by atoms with van der Waals surface area (Å²) in [6.45, 7) is 10.8. The van der Waals surface area contributed by atoms with Crippen LogP contribution in [0.15, 0.2) is 4.99 Å². The summed E-state index contributed by atoms with van der Waals surface area (Å²) in [5.74, 6) is 0.662. The maximum absolute atomic E-state index is 3.88. The Morgan fingerprint density at radius 2 is 2.00 bits per heavy atom. The van der Waals surface area contributed by atoms with Crippen molar-refractivity contribution in [3.8, 4) is 0 Å². The van der Waals surface area contributed by atoms with E-state index in [4.69, 9.17) is 0 Å². The zero-order valence-corrected chi connectivity index (χ0v) is 7.96. The molecule has 0 heterocycles. The van der Waals surface area contributed by atoms with Crippen LogP contribution in [0.2, 0.25) is 0 Å². The Morgan fingerprint density at radius 1 is 1.45 bits per heavy atom. The number of nitrogens with zero attached hydrogens (tertiary/aromatic N) is 2. The van der Waals surface area contributed by atoms with E-state index in [0.29, 0.717) is 5.92 Å². The highest BCUT2D eigenvalue weighted by molar-refractivity contribution is 5.23. The lowest BCUT2D eigenvalue weighted by Crippen LogP contribution is -2.41. The van der Waals surface area contributed by atoms with Crippen molar-refractivity contribution in [3.05, 3.63) is 0 Å². The lowest BCUT2D eigenvalue weighted by Gasteiger charge is -2.22. The van der Waals surface area contributed by atoms with E-state index in [0.717, 1.165) is 6.54 Å². The summed E-state index contributed by atoms with van der Waals surface area (Å²) in [7, 11) is 1.97. The standard InChI is InChI=1S/C8H19N3/c1-7(2)6-10-11(5)8(3)9-4/h7-8,10H,4,6H2,1-3,5H3. The van der Waals surface area contributed by atoms with E-state index in [1.54, 1.807) is 0 Å². The molecular weight excluding hydrogens is 138 g/mol. The highest BCUT2D eigenvalue weighted by Gasteiger charge is 2.04. The Labute approximate surface area is 69.5 Å². The highest BCUT2D eigenvalue weighted by Crippen LogP contribution is 1.93. The Hall–Kier alpha value is -0.410. The molecular formula is C8H19N3. The first kappa shape index (κ1) is 10.6.